The predicted octanol–water partition coefficient (Wildman–Crippen LogP) is 1.91. The maximum Gasteiger partial charge on any atom is 0.244 e. The van der Waals surface area contributed by atoms with Crippen molar-refractivity contribution in [3.05, 3.63) is 23.2 Å². The average Bonchev–Trinajstić information content (AvgIpc) is 2.75. The average molecular weight is 283 g/mol. The molecule has 0 unspecified atom stereocenters. The molecule has 0 radical (unpaired) electrons. The highest BCUT2D eigenvalue weighted by molar-refractivity contribution is 6.31. The summed E-state index contributed by atoms with van der Waals surface area (Å²) in [4.78, 5) is 24.9. The van der Waals surface area contributed by atoms with Crippen molar-refractivity contribution in [2.45, 2.75) is 12.8 Å². The highest BCUT2D eigenvalue weighted by atomic mass is 35.5. The zero-order valence-electron chi connectivity index (χ0n) is 10.6. The lowest BCUT2D eigenvalue weighted by molar-refractivity contribution is -0.131. The van der Waals surface area contributed by atoms with Crippen molar-refractivity contribution in [1.82, 2.24) is 4.90 Å². The lowest BCUT2D eigenvalue weighted by Crippen LogP contribution is -2.34. The van der Waals surface area contributed by atoms with E-state index >= 15 is 0 Å². The van der Waals surface area contributed by atoms with Gasteiger partial charge in [0, 0.05) is 18.0 Å². The summed E-state index contributed by atoms with van der Waals surface area (Å²) in [5, 5.41) is 3.22. The quantitative estimate of drug-likeness (QED) is 0.918. The second kappa shape index (κ2) is 5.93. The molecule has 1 aromatic rings. The molecule has 0 spiro atoms. The van der Waals surface area contributed by atoms with E-state index in [1.54, 1.807) is 23.1 Å². The van der Waals surface area contributed by atoms with Crippen LogP contribution in [0.25, 0.3) is 0 Å². The maximum atomic E-state index is 11.9. The Labute approximate surface area is 116 Å². The fourth-order valence-corrected chi connectivity index (χ4v) is 2.18. The third-order valence-electron chi connectivity index (χ3n) is 2.94. The van der Waals surface area contributed by atoms with Crippen molar-refractivity contribution in [2.24, 2.45) is 0 Å². The molecular weight excluding hydrogens is 268 g/mol. The minimum atomic E-state index is -0.254. The van der Waals surface area contributed by atoms with Gasteiger partial charge in [-0.2, -0.15) is 0 Å². The number of methoxy groups -OCH3 is 1. The van der Waals surface area contributed by atoms with Crippen molar-refractivity contribution in [2.75, 3.05) is 25.5 Å². The molecule has 0 aliphatic carbocycles. The van der Waals surface area contributed by atoms with Crippen LogP contribution < -0.4 is 10.1 Å². The molecule has 1 aliphatic rings. The molecule has 0 bridgehead atoms. The number of anilines is 1. The number of nitrogens with one attached hydrogen (secondary N) is 1. The summed E-state index contributed by atoms with van der Waals surface area (Å²) < 4.78 is 5.14. The van der Waals surface area contributed by atoms with E-state index in [0.717, 1.165) is 6.42 Å². The monoisotopic (exact) mass is 282 g/mol. The molecule has 1 N–H and O–H groups in total. The number of halogens is 1. The second-order valence-corrected chi connectivity index (χ2v) is 4.75. The molecule has 1 heterocycles. The number of hydrogen-bond acceptors (Lipinski definition) is 3. The van der Waals surface area contributed by atoms with Gasteiger partial charge in [-0.1, -0.05) is 11.6 Å². The zero-order chi connectivity index (χ0) is 13.8. The molecule has 0 saturated carbocycles. The van der Waals surface area contributed by atoms with Gasteiger partial charge in [0.05, 0.1) is 19.3 Å². The number of benzene rings is 1. The molecule has 2 rings (SSSR count). The Bertz CT molecular complexity index is 505. The number of carbonyl (C=O) groups excluding carboxylic acids is 2. The van der Waals surface area contributed by atoms with E-state index < -0.39 is 0 Å². The van der Waals surface area contributed by atoms with E-state index in [-0.39, 0.29) is 18.4 Å². The number of amides is 2. The molecule has 1 aromatic carbocycles. The summed E-state index contributed by atoms with van der Waals surface area (Å²) in [6.07, 6.45) is 1.33. The van der Waals surface area contributed by atoms with Crippen LogP contribution in [0.1, 0.15) is 12.8 Å². The largest absolute Gasteiger partial charge is 0.495 e. The first-order valence-corrected chi connectivity index (χ1v) is 6.39. The number of hydrogen-bond donors (Lipinski definition) is 1. The van der Waals surface area contributed by atoms with Crippen LogP contribution in [0.5, 0.6) is 5.75 Å². The molecule has 1 saturated heterocycles. The van der Waals surface area contributed by atoms with Crippen molar-refractivity contribution < 1.29 is 14.3 Å². The summed E-state index contributed by atoms with van der Waals surface area (Å²) in [6.45, 7) is 0.702. The molecule has 102 valence electrons. The Balaban J connectivity index is 2.02. The fourth-order valence-electron chi connectivity index (χ4n) is 2.01. The Hall–Kier alpha value is -1.75. The highest BCUT2D eigenvalue weighted by Gasteiger charge is 2.22. The van der Waals surface area contributed by atoms with Gasteiger partial charge < -0.3 is 15.0 Å². The summed E-state index contributed by atoms with van der Waals surface area (Å²) in [7, 11) is 1.52. The SMILES string of the molecule is COc1ccc(Cl)cc1NC(=O)CN1CCCC1=O. The van der Waals surface area contributed by atoms with Gasteiger partial charge in [0.15, 0.2) is 0 Å². The van der Waals surface area contributed by atoms with Crippen LogP contribution in [0.2, 0.25) is 5.02 Å². The van der Waals surface area contributed by atoms with Gasteiger partial charge in [-0.05, 0) is 24.6 Å². The summed E-state index contributed by atoms with van der Waals surface area (Å²) in [5.41, 5.74) is 0.506. The molecule has 0 aromatic heterocycles. The van der Waals surface area contributed by atoms with Crippen LogP contribution in [-0.2, 0) is 9.59 Å². The zero-order valence-corrected chi connectivity index (χ0v) is 11.4. The fraction of sp³-hybridized carbons (Fsp3) is 0.385. The van der Waals surface area contributed by atoms with E-state index in [1.807, 2.05) is 0 Å². The summed E-state index contributed by atoms with van der Waals surface area (Å²) in [5.74, 6) is 0.300. The Morgan fingerprint density at radius 2 is 2.32 bits per heavy atom. The molecular formula is C13H15ClN2O3. The lowest BCUT2D eigenvalue weighted by atomic mass is 10.3. The van der Waals surface area contributed by atoms with Gasteiger partial charge >= 0.3 is 0 Å². The van der Waals surface area contributed by atoms with Gasteiger partial charge in [-0.25, -0.2) is 0 Å². The minimum Gasteiger partial charge on any atom is -0.495 e. The predicted molar refractivity (Wildman–Crippen MR) is 72.4 cm³/mol. The molecule has 6 heteroatoms. The Morgan fingerprint density at radius 1 is 1.53 bits per heavy atom. The van der Waals surface area contributed by atoms with Crippen molar-refractivity contribution in [3.63, 3.8) is 0 Å². The van der Waals surface area contributed by atoms with Crippen LogP contribution in [0.15, 0.2) is 18.2 Å². The van der Waals surface area contributed by atoms with Crippen LogP contribution in [-0.4, -0.2) is 36.9 Å². The van der Waals surface area contributed by atoms with E-state index in [1.165, 1.54) is 7.11 Å². The maximum absolute atomic E-state index is 11.9. The summed E-state index contributed by atoms with van der Waals surface area (Å²) >= 11 is 5.88. The molecule has 0 atom stereocenters. The molecule has 2 amide bonds. The number of carbonyl (C=O) groups is 2. The van der Waals surface area contributed by atoms with Crippen molar-refractivity contribution in [1.29, 1.82) is 0 Å². The highest BCUT2D eigenvalue weighted by Crippen LogP contribution is 2.27. The number of likely N-dealkylation sites (tertiary alicyclic amines) is 1. The number of nitrogens with zero attached hydrogens (tertiary/aromatic N) is 1. The molecule has 19 heavy (non-hydrogen) atoms. The first-order chi connectivity index (χ1) is 9.10. The third kappa shape index (κ3) is 3.38. The molecule has 1 fully saturated rings. The van der Waals surface area contributed by atoms with Crippen LogP contribution >= 0.6 is 11.6 Å². The van der Waals surface area contributed by atoms with Gasteiger partial charge in [0.1, 0.15) is 5.75 Å². The molecule has 1 aliphatic heterocycles. The lowest BCUT2D eigenvalue weighted by Gasteiger charge is -2.16. The smallest absolute Gasteiger partial charge is 0.244 e. The van der Waals surface area contributed by atoms with Crippen LogP contribution in [0, 0.1) is 0 Å². The van der Waals surface area contributed by atoms with E-state index in [9.17, 15) is 9.59 Å². The van der Waals surface area contributed by atoms with Gasteiger partial charge in [0.25, 0.3) is 0 Å². The van der Waals surface area contributed by atoms with Gasteiger partial charge in [0.2, 0.25) is 11.8 Å². The number of rotatable bonds is 4. The molecule has 5 nitrogen and oxygen atoms in total. The normalized spacial score (nSPS) is 14.6. The van der Waals surface area contributed by atoms with Crippen LogP contribution in [0.4, 0.5) is 5.69 Å². The van der Waals surface area contributed by atoms with E-state index in [0.29, 0.717) is 29.4 Å². The first-order valence-electron chi connectivity index (χ1n) is 6.01. The van der Waals surface area contributed by atoms with E-state index in [2.05, 4.69) is 5.32 Å². The summed E-state index contributed by atoms with van der Waals surface area (Å²) in [6, 6.07) is 4.98. The van der Waals surface area contributed by atoms with Crippen LogP contribution in [0.3, 0.4) is 0 Å². The van der Waals surface area contributed by atoms with Crippen molar-refractivity contribution >= 4 is 29.1 Å². The van der Waals surface area contributed by atoms with E-state index in [4.69, 9.17) is 16.3 Å². The number of ether oxygens (including phenoxy) is 1. The second-order valence-electron chi connectivity index (χ2n) is 4.31. The van der Waals surface area contributed by atoms with Crippen molar-refractivity contribution in [3.8, 4) is 5.75 Å². The topological polar surface area (TPSA) is 58.6 Å². The first kappa shape index (κ1) is 13.7. The Kier molecular flexibility index (Phi) is 4.27. The minimum absolute atomic E-state index is 0.0215. The van der Waals surface area contributed by atoms with Gasteiger partial charge in [-0.3, -0.25) is 9.59 Å². The van der Waals surface area contributed by atoms with Gasteiger partial charge in [-0.15, -0.1) is 0 Å². The Morgan fingerprint density at radius 3 is 2.95 bits per heavy atom. The standard InChI is InChI=1S/C13H15ClN2O3/c1-19-11-5-4-9(14)7-10(11)15-12(17)8-16-6-2-3-13(16)18/h4-5,7H,2-3,6,8H2,1H3,(H,15,17). The third-order valence-corrected chi connectivity index (χ3v) is 3.18.